The zero-order valence-corrected chi connectivity index (χ0v) is 14.6. The van der Waals surface area contributed by atoms with Gasteiger partial charge < -0.3 is 15.4 Å². The Morgan fingerprint density at radius 2 is 2.12 bits per heavy atom. The van der Waals surface area contributed by atoms with Crippen LogP contribution in [0.15, 0.2) is 30.5 Å². The Kier molecular flexibility index (Phi) is 6.81. The van der Waals surface area contributed by atoms with E-state index in [0.717, 1.165) is 25.8 Å². The number of amides is 1. The molecule has 0 aliphatic heterocycles. The number of methoxy groups -OCH3 is 1. The number of halogens is 1. The molecule has 2 N–H and O–H groups in total. The van der Waals surface area contributed by atoms with Gasteiger partial charge in [-0.3, -0.25) is 4.79 Å². The van der Waals surface area contributed by atoms with Crippen LogP contribution in [0.2, 0.25) is 5.02 Å². The molecule has 0 saturated heterocycles. The van der Waals surface area contributed by atoms with Gasteiger partial charge in [0.25, 0.3) is 5.91 Å². The highest BCUT2D eigenvalue weighted by molar-refractivity contribution is 6.31. The van der Waals surface area contributed by atoms with E-state index in [0.29, 0.717) is 22.4 Å². The Balaban J connectivity index is 2.06. The van der Waals surface area contributed by atoms with Crippen molar-refractivity contribution in [2.75, 3.05) is 24.3 Å². The summed E-state index contributed by atoms with van der Waals surface area (Å²) in [7, 11) is 1.53. The summed E-state index contributed by atoms with van der Waals surface area (Å²) in [5.41, 5.74) is 0.760. The lowest BCUT2D eigenvalue weighted by Gasteiger charge is -2.11. The lowest BCUT2D eigenvalue weighted by atomic mass is 10.2. The van der Waals surface area contributed by atoms with E-state index in [4.69, 9.17) is 16.3 Å². The highest BCUT2D eigenvalue weighted by atomic mass is 35.5. The number of hydrogen-bond donors (Lipinski definition) is 2. The average Bonchev–Trinajstić information content (AvgIpc) is 2.59. The summed E-state index contributed by atoms with van der Waals surface area (Å²) in [6.45, 7) is 2.92. The number of aromatic nitrogens is 2. The summed E-state index contributed by atoms with van der Waals surface area (Å²) in [6.07, 6.45) is 4.88. The second kappa shape index (κ2) is 9.08. The van der Waals surface area contributed by atoms with Crippen molar-refractivity contribution in [3.05, 3.63) is 41.2 Å². The Morgan fingerprint density at radius 1 is 1.29 bits per heavy atom. The number of hydrogen-bond acceptors (Lipinski definition) is 5. The monoisotopic (exact) mass is 348 g/mol. The number of nitrogens with one attached hydrogen (secondary N) is 2. The second-order valence-corrected chi connectivity index (χ2v) is 5.63. The van der Waals surface area contributed by atoms with Gasteiger partial charge in [-0.2, -0.15) is 0 Å². The normalized spacial score (nSPS) is 10.3. The van der Waals surface area contributed by atoms with Gasteiger partial charge in [0.2, 0.25) is 5.95 Å². The fraction of sp³-hybridized carbons (Fsp3) is 0.353. The average molecular weight is 349 g/mol. The Bertz CT molecular complexity index is 694. The first kappa shape index (κ1) is 18.0. The van der Waals surface area contributed by atoms with Crippen LogP contribution in [0, 0.1) is 0 Å². The van der Waals surface area contributed by atoms with Crippen LogP contribution in [0.25, 0.3) is 0 Å². The van der Waals surface area contributed by atoms with Crippen molar-refractivity contribution in [3.8, 4) is 5.75 Å². The van der Waals surface area contributed by atoms with Crippen molar-refractivity contribution in [3.63, 3.8) is 0 Å². The van der Waals surface area contributed by atoms with Crippen molar-refractivity contribution in [1.29, 1.82) is 0 Å². The number of carbonyl (C=O) groups is 1. The number of ether oxygens (including phenoxy) is 1. The molecule has 0 aliphatic rings. The topological polar surface area (TPSA) is 76.1 Å². The van der Waals surface area contributed by atoms with Gasteiger partial charge in [0, 0.05) is 17.8 Å². The Labute approximate surface area is 146 Å². The lowest BCUT2D eigenvalue weighted by Crippen LogP contribution is -2.16. The Morgan fingerprint density at radius 3 is 2.88 bits per heavy atom. The van der Waals surface area contributed by atoms with Gasteiger partial charge in [-0.25, -0.2) is 9.97 Å². The molecule has 2 aromatic rings. The number of unbranched alkanes of at least 4 members (excludes halogenated alkanes) is 2. The van der Waals surface area contributed by atoms with E-state index in [1.54, 1.807) is 30.5 Å². The maximum Gasteiger partial charge on any atom is 0.274 e. The maximum atomic E-state index is 12.4. The number of anilines is 2. The summed E-state index contributed by atoms with van der Waals surface area (Å²) in [5.74, 6) is 0.617. The molecule has 1 aromatic heterocycles. The molecule has 0 aliphatic carbocycles. The van der Waals surface area contributed by atoms with Crippen LogP contribution in [0.3, 0.4) is 0 Å². The van der Waals surface area contributed by atoms with E-state index in [1.807, 2.05) is 0 Å². The summed E-state index contributed by atoms with van der Waals surface area (Å²) >= 11 is 5.97. The summed E-state index contributed by atoms with van der Waals surface area (Å²) in [4.78, 5) is 20.8. The molecule has 0 saturated carbocycles. The molecular formula is C17H21ClN4O2. The van der Waals surface area contributed by atoms with Gasteiger partial charge in [0.05, 0.1) is 12.8 Å². The SMILES string of the molecule is CCCCCNc1nccc(C(=O)Nc2cc(Cl)ccc2OC)n1. The molecule has 0 radical (unpaired) electrons. The summed E-state index contributed by atoms with van der Waals surface area (Å²) in [6, 6.07) is 6.57. The second-order valence-electron chi connectivity index (χ2n) is 5.20. The number of nitrogens with zero attached hydrogens (tertiary/aromatic N) is 2. The van der Waals surface area contributed by atoms with Crippen molar-refractivity contribution in [2.24, 2.45) is 0 Å². The first-order chi connectivity index (χ1) is 11.6. The highest BCUT2D eigenvalue weighted by Crippen LogP contribution is 2.27. The Hall–Kier alpha value is -2.34. The molecule has 1 heterocycles. The minimum Gasteiger partial charge on any atom is -0.495 e. The molecule has 1 aromatic carbocycles. The van der Waals surface area contributed by atoms with E-state index in [-0.39, 0.29) is 11.6 Å². The quantitative estimate of drug-likeness (QED) is 0.705. The molecule has 0 bridgehead atoms. The molecule has 0 unspecified atom stereocenters. The molecule has 7 heteroatoms. The van der Waals surface area contributed by atoms with Crippen molar-refractivity contribution in [1.82, 2.24) is 9.97 Å². The van der Waals surface area contributed by atoms with Crippen molar-refractivity contribution in [2.45, 2.75) is 26.2 Å². The van der Waals surface area contributed by atoms with E-state index < -0.39 is 0 Å². The zero-order chi connectivity index (χ0) is 17.4. The van der Waals surface area contributed by atoms with E-state index in [9.17, 15) is 4.79 Å². The third kappa shape index (κ3) is 5.09. The molecule has 0 spiro atoms. The van der Waals surface area contributed by atoms with Crippen LogP contribution in [0.4, 0.5) is 11.6 Å². The van der Waals surface area contributed by atoms with Gasteiger partial charge in [0.15, 0.2) is 0 Å². The largest absolute Gasteiger partial charge is 0.495 e. The molecule has 128 valence electrons. The molecule has 0 atom stereocenters. The van der Waals surface area contributed by atoms with E-state index in [2.05, 4.69) is 27.5 Å². The van der Waals surface area contributed by atoms with Crippen LogP contribution < -0.4 is 15.4 Å². The van der Waals surface area contributed by atoms with Gasteiger partial charge in [0.1, 0.15) is 11.4 Å². The summed E-state index contributed by atoms with van der Waals surface area (Å²) < 4.78 is 5.22. The number of rotatable bonds is 8. The first-order valence-corrected chi connectivity index (χ1v) is 8.23. The van der Waals surface area contributed by atoms with Gasteiger partial charge in [-0.15, -0.1) is 0 Å². The van der Waals surface area contributed by atoms with Crippen LogP contribution in [0.5, 0.6) is 5.75 Å². The fourth-order valence-corrected chi connectivity index (χ4v) is 2.28. The zero-order valence-electron chi connectivity index (χ0n) is 13.8. The smallest absolute Gasteiger partial charge is 0.274 e. The predicted molar refractivity (Wildman–Crippen MR) is 96.0 cm³/mol. The van der Waals surface area contributed by atoms with Gasteiger partial charge >= 0.3 is 0 Å². The molecule has 2 rings (SSSR count). The van der Waals surface area contributed by atoms with Gasteiger partial charge in [-0.1, -0.05) is 31.4 Å². The number of carbonyl (C=O) groups excluding carboxylic acids is 1. The standard InChI is InChI=1S/C17H21ClN4O2/c1-3-4-5-9-19-17-20-10-8-13(22-17)16(23)21-14-11-12(18)6-7-15(14)24-2/h6-8,10-11H,3-5,9H2,1-2H3,(H,21,23)(H,19,20,22). The highest BCUT2D eigenvalue weighted by Gasteiger charge is 2.12. The molecule has 1 amide bonds. The third-order valence-electron chi connectivity index (χ3n) is 3.36. The van der Waals surface area contributed by atoms with E-state index in [1.165, 1.54) is 7.11 Å². The number of benzene rings is 1. The van der Waals surface area contributed by atoms with Crippen molar-refractivity contribution >= 4 is 29.1 Å². The van der Waals surface area contributed by atoms with Crippen LogP contribution >= 0.6 is 11.6 Å². The van der Waals surface area contributed by atoms with Crippen molar-refractivity contribution < 1.29 is 9.53 Å². The summed E-state index contributed by atoms with van der Waals surface area (Å²) in [5, 5.41) is 6.38. The van der Waals surface area contributed by atoms with Crippen LogP contribution in [-0.2, 0) is 0 Å². The van der Waals surface area contributed by atoms with E-state index >= 15 is 0 Å². The molecular weight excluding hydrogens is 328 g/mol. The van der Waals surface area contributed by atoms with Crippen LogP contribution in [-0.4, -0.2) is 29.5 Å². The van der Waals surface area contributed by atoms with Gasteiger partial charge in [-0.05, 0) is 30.7 Å². The third-order valence-corrected chi connectivity index (χ3v) is 3.60. The minimum atomic E-state index is -0.352. The lowest BCUT2D eigenvalue weighted by molar-refractivity contribution is 0.102. The predicted octanol–water partition coefficient (Wildman–Crippen LogP) is 3.99. The fourth-order valence-electron chi connectivity index (χ4n) is 2.11. The minimum absolute atomic E-state index is 0.269. The molecule has 24 heavy (non-hydrogen) atoms. The molecule has 0 fully saturated rings. The molecule has 6 nitrogen and oxygen atoms in total. The van der Waals surface area contributed by atoms with Crippen LogP contribution in [0.1, 0.15) is 36.7 Å². The first-order valence-electron chi connectivity index (χ1n) is 7.86. The maximum absolute atomic E-state index is 12.4.